The molecule has 0 amide bonds. The van der Waals surface area contributed by atoms with Crippen LogP contribution >= 0.6 is 11.3 Å². The highest BCUT2D eigenvalue weighted by atomic mass is 32.2. The molecule has 3 heterocycles. The molecule has 2 aromatic rings. The molecule has 1 saturated carbocycles. The van der Waals surface area contributed by atoms with Crippen LogP contribution < -0.4 is 0 Å². The summed E-state index contributed by atoms with van der Waals surface area (Å²) in [6.07, 6.45) is 4.83. The number of aromatic nitrogens is 2. The van der Waals surface area contributed by atoms with Crippen molar-refractivity contribution in [1.29, 1.82) is 0 Å². The SMILES string of the molecule is O=S(=O)(c1cccs1)N1CCCC(Cc2nc(C3CC3)no2)C1. The van der Waals surface area contributed by atoms with Crippen molar-refractivity contribution in [3.05, 3.63) is 29.2 Å². The van der Waals surface area contributed by atoms with E-state index in [0.29, 0.717) is 35.5 Å². The van der Waals surface area contributed by atoms with Crippen molar-refractivity contribution < 1.29 is 12.9 Å². The van der Waals surface area contributed by atoms with Crippen LogP contribution in [-0.4, -0.2) is 36.0 Å². The van der Waals surface area contributed by atoms with Gasteiger partial charge in [-0.1, -0.05) is 11.2 Å². The normalized spacial score (nSPS) is 23.2. The second-order valence-electron chi connectivity index (χ2n) is 6.33. The van der Waals surface area contributed by atoms with Crippen molar-refractivity contribution in [2.75, 3.05) is 13.1 Å². The first-order valence-electron chi connectivity index (χ1n) is 7.99. The molecule has 1 aliphatic heterocycles. The highest BCUT2D eigenvalue weighted by Gasteiger charge is 2.33. The van der Waals surface area contributed by atoms with E-state index < -0.39 is 10.0 Å². The van der Waals surface area contributed by atoms with Gasteiger partial charge in [-0.25, -0.2) is 8.42 Å². The van der Waals surface area contributed by atoms with Gasteiger partial charge in [-0.15, -0.1) is 11.3 Å². The fraction of sp³-hybridized carbons (Fsp3) is 0.600. The average Bonchev–Trinajstić information content (AvgIpc) is 3.05. The van der Waals surface area contributed by atoms with Gasteiger partial charge in [0.1, 0.15) is 4.21 Å². The minimum Gasteiger partial charge on any atom is -0.339 e. The van der Waals surface area contributed by atoms with Gasteiger partial charge in [0.05, 0.1) is 0 Å². The van der Waals surface area contributed by atoms with E-state index in [1.807, 2.05) is 0 Å². The lowest BCUT2D eigenvalue weighted by Gasteiger charge is -2.30. The van der Waals surface area contributed by atoms with Crippen LogP contribution in [-0.2, 0) is 16.4 Å². The second kappa shape index (κ2) is 5.99. The zero-order valence-electron chi connectivity index (χ0n) is 12.7. The Morgan fingerprint density at radius 1 is 1.35 bits per heavy atom. The number of hydrogen-bond donors (Lipinski definition) is 0. The van der Waals surface area contributed by atoms with E-state index in [0.717, 1.165) is 31.5 Å². The first kappa shape index (κ1) is 15.3. The summed E-state index contributed by atoms with van der Waals surface area (Å²) < 4.78 is 32.6. The molecule has 2 aliphatic rings. The third kappa shape index (κ3) is 3.20. The summed E-state index contributed by atoms with van der Waals surface area (Å²) in [5, 5.41) is 5.83. The zero-order valence-corrected chi connectivity index (χ0v) is 14.4. The van der Waals surface area contributed by atoms with Crippen LogP contribution in [0.15, 0.2) is 26.2 Å². The van der Waals surface area contributed by atoms with Crippen molar-refractivity contribution in [3.63, 3.8) is 0 Å². The monoisotopic (exact) mass is 353 g/mol. The van der Waals surface area contributed by atoms with Gasteiger partial charge in [-0.05, 0) is 43.0 Å². The fourth-order valence-electron chi connectivity index (χ4n) is 3.05. The molecule has 0 spiro atoms. The van der Waals surface area contributed by atoms with Crippen molar-refractivity contribution in [1.82, 2.24) is 14.4 Å². The van der Waals surface area contributed by atoms with Crippen LogP contribution in [0.5, 0.6) is 0 Å². The van der Waals surface area contributed by atoms with Crippen molar-refractivity contribution >= 4 is 21.4 Å². The van der Waals surface area contributed by atoms with Gasteiger partial charge in [-0.3, -0.25) is 0 Å². The van der Waals surface area contributed by atoms with Crippen molar-refractivity contribution in [2.24, 2.45) is 5.92 Å². The molecule has 0 radical (unpaired) electrons. The molecule has 0 bridgehead atoms. The van der Waals surface area contributed by atoms with Gasteiger partial charge < -0.3 is 4.52 Å². The van der Waals surface area contributed by atoms with E-state index in [4.69, 9.17) is 4.52 Å². The van der Waals surface area contributed by atoms with Gasteiger partial charge in [0.15, 0.2) is 5.82 Å². The van der Waals surface area contributed by atoms with Crippen LogP contribution in [0.2, 0.25) is 0 Å². The standard InChI is InChI=1S/C15H19N3O3S2/c19-23(20,14-4-2-8-22-14)18-7-1-3-11(10-18)9-13-16-15(17-21-13)12-5-6-12/h2,4,8,11-12H,1,3,5-7,9-10H2. The summed E-state index contributed by atoms with van der Waals surface area (Å²) in [6.45, 7) is 1.12. The maximum atomic E-state index is 12.6. The molecular weight excluding hydrogens is 334 g/mol. The summed E-state index contributed by atoms with van der Waals surface area (Å²) in [7, 11) is -3.36. The lowest BCUT2D eigenvalue weighted by molar-refractivity contribution is 0.247. The lowest BCUT2D eigenvalue weighted by atomic mass is 9.96. The van der Waals surface area contributed by atoms with E-state index in [-0.39, 0.29) is 5.92 Å². The molecule has 6 nitrogen and oxygen atoms in total. The molecule has 4 rings (SSSR count). The van der Waals surface area contributed by atoms with Gasteiger partial charge in [0, 0.05) is 25.4 Å². The van der Waals surface area contributed by atoms with Gasteiger partial charge in [0.2, 0.25) is 5.89 Å². The minimum atomic E-state index is -3.36. The zero-order chi connectivity index (χ0) is 15.9. The number of thiophene rings is 1. The molecule has 124 valence electrons. The molecule has 0 N–H and O–H groups in total. The minimum absolute atomic E-state index is 0.242. The maximum absolute atomic E-state index is 12.6. The Kier molecular flexibility index (Phi) is 3.98. The van der Waals surface area contributed by atoms with Crippen LogP contribution in [0.4, 0.5) is 0 Å². The smallest absolute Gasteiger partial charge is 0.252 e. The Labute approximate surface area is 139 Å². The molecule has 0 aromatic carbocycles. The second-order valence-corrected chi connectivity index (χ2v) is 9.44. The quantitative estimate of drug-likeness (QED) is 0.826. The number of sulfonamides is 1. The Balaban J connectivity index is 1.44. The van der Waals surface area contributed by atoms with Gasteiger partial charge >= 0.3 is 0 Å². The summed E-state index contributed by atoms with van der Waals surface area (Å²) >= 11 is 1.27. The lowest BCUT2D eigenvalue weighted by Crippen LogP contribution is -2.40. The van der Waals surface area contributed by atoms with Crippen LogP contribution in [0, 0.1) is 5.92 Å². The van der Waals surface area contributed by atoms with Crippen molar-refractivity contribution in [3.8, 4) is 0 Å². The molecule has 1 atom stereocenters. The Hall–Kier alpha value is -1.25. The molecule has 1 aliphatic carbocycles. The topological polar surface area (TPSA) is 76.3 Å². The predicted octanol–water partition coefficient (Wildman–Crippen LogP) is 2.65. The predicted molar refractivity (Wildman–Crippen MR) is 85.8 cm³/mol. The van der Waals surface area contributed by atoms with E-state index in [2.05, 4.69) is 10.1 Å². The molecule has 8 heteroatoms. The van der Waals surface area contributed by atoms with Crippen molar-refractivity contribution in [2.45, 2.75) is 42.2 Å². The number of nitrogens with zero attached hydrogens (tertiary/aromatic N) is 3. The van der Waals surface area contributed by atoms with Gasteiger partial charge in [0.25, 0.3) is 10.0 Å². The maximum Gasteiger partial charge on any atom is 0.252 e. The molecule has 23 heavy (non-hydrogen) atoms. The molecular formula is C15H19N3O3S2. The fourth-order valence-corrected chi connectivity index (χ4v) is 5.75. The Morgan fingerprint density at radius 3 is 2.96 bits per heavy atom. The summed E-state index contributed by atoms with van der Waals surface area (Å²) in [5.74, 6) is 2.19. The van der Waals surface area contributed by atoms with Crippen LogP contribution in [0.1, 0.15) is 43.3 Å². The third-order valence-electron chi connectivity index (χ3n) is 4.46. The first-order valence-corrected chi connectivity index (χ1v) is 10.3. The van der Waals surface area contributed by atoms with Crippen LogP contribution in [0.25, 0.3) is 0 Å². The summed E-state index contributed by atoms with van der Waals surface area (Å²) in [5.41, 5.74) is 0. The van der Waals surface area contributed by atoms with Gasteiger partial charge in [-0.2, -0.15) is 9.29 Å². The molecule has 2 fully saturated rings. The van der Waals surface area contributed by atoms with E-state index in [9.17, 15) is 8.42 Å². The summed E-state index contributed by atoms with van der Waals surface area (Å²) in [6, 6.07) is 3.44. The third-order valence-corrected chi connectivity index (χ3v) is 7.70. The Morgan fingerprint density at radius 2 is 2.22 bits per heavy atom. The van der Waals surface area contributed by atoms with E-state index in [1.165, 1.54) is 11.3 Å². The first-order chi connectivity index (χ1) is 11.1. The van der Waals surface area contributed by atoms with E-state index in [1.54, 1.807) is 21.8 Å². The van der Waals surface area contributed by atoms with Crippen LogP contribution in [0.3, 0.4) is 0 Å². The summed E-state index contributed by atoms with van der Waals surface area (Å²) in [4.78, 5) is 4.46. The Bertz CT molecular complexity index is 766. The number of hydrogen-bond acceptors (Lipinski definition) is 6. The largest absolute Gasteiger partial charge is 0.339 e. The molecule has 2 aromatic heterocycles. The van der Waals surface area contributed by atoms with E-state index >= 15 is 0 Å². The molecule has 1 saturated heterocycles. The highest BCUT2D eigenvalue weighted by molar-refractivity contribution is 7.91. The molecule has 1 unspecified atom stereocenters. The number of piperidine rings is 1. The number of rotatable bonds is 5. The highest BCUT2D eigenvalue weighted by Crippen LogP contribution is 2.38. The average molecular weight is 353 g/mol.